The van der Waals surface area contributed by atoms with Gasteiger partial charge < -0.3 is 19.4 Å². The topological polar surface area (TPSA) is 48.3 Å². The summed E-state index contributed by atoms with van der Waals surface area (Å²) in [5, 5.41) is 5.66. The van der Waals surface area contributed by atoms with Crippen molar-refractivity contribution in [3.8, 4) is 11.5 Å². The normalized spacial score (nSPS) is 19.7. The maximum absolute atomic E-state index is 13.9. The van der Waals surface area contributed by atoms with Crippen LogP contribution in [0.5, 0.6) is 11.5 Å². The lowest BCUT2D eigenvalue weighted by Crippen LogP contribution is -2.40. The Hall–Kier alpha value is -3.12. The van der Waals surface area contributed by atoms with Gasteiger partial charge in [-0.2, -0.15) is 0 Å². The highest BCUT2D eigenvalue weighted by Crippen LogP contribution is 2.38. The zero-order valence-corrected chi connectivity index (χ0v) is 19.0. The van der Waals surface area contributed by atoms with Crippen molar-refractivity contribution in [2.45, 2.75) is 32.3 Å². The van der Waals surface area contributed by atoms with E-state index in [1.807, 2.05) is 31.2 Å². The molecule has 0 saturated carbocycles. The molecule has 3 heterocycles. The van der Waals surface area contributed by atoms with E-state index in [1.165, 1.54) is 11.3 Å². The SMILES string of the molecule is Cc1ccc2c3c(ccc2n1)OC[C@H](CNC[C@@H]1CCc2c(c4cc(F)ccc4n2C)C1)O3. The first kappa shape index (κ1) is 20.5. The third kappa shape index (κ3) is 3.62. The Bertz CT molecular complexity index is 1360. The van der Waals surface area contributed by atoms with Crippen molar-refractivity contribution in [1.82, 2.24) is 14.9 Å². The fourth-order valence-electron chi connectivity index (χ4n) is 5.42. The van der Waals surface area contributed by atoms with Gasteiger partial charge in [0, 0.05) is 41.3 Å². The third-order valence-electron chi connectivity index (χ3n) is 7.12. The Morgan fingerprint density at radius 2 is 2.03 bits per heavy atom. The molecule has 0 radical (unpaired) electrons. The van der Waals surface area contributed by atoms with Crippen molar-refractivity contribution in [3.63, 3.8) is 0 Å². The predicted molar refractivity (Wildman–Crippen MR) is 128 cm³/mol. The van der Waals surface area contributed by atoms with E-state index in [0.717, 1.165) is 71.4 Å². The Morgan fingerprint density at radius 3 is 2.94 bits per heavy atom. The van der Waals surface area contributed by atoms with Gasteiger partial charge in [-0.1, -0.05) is 0 Å². The number of nitrogens with zero attached hydrogens (tertiary/aromatic N) is 2. The number of benzene rings is 2. The van der Waals surface area contributed by atoms with Gasteiger partial charge in [-0.25, -0.2) is 4.39 Å². The number of rotatable bonds is 4. The Labute approximate surface area is 192 Å². The summed E-state index contributed by atoms with van der Waals surface area (Å²) in [6.07, 6.45) is 3.09. The number of nitrogens with one attached hydrogen (secondary N) is 1. The smallest absolute Gasteiger partial charge is 0.171 e. The summed E-state index contributed by atoms with van der Waals surface area (Å²) >= 11 is 0. The summed E-state index contributed by atoms with van der Waals surface area (Å²) in [5.41, 5.74) is 5.70. The Balaban J connectivity index is 1.12. The molecule has 6 heteroatoms. The summed E-state index contributed by atoms with van der Waals surface area (Å²) in [7, 11) is 2.09. The molecule has 2 aromatic heterocycles. The average Bonchev–Trinajstić information content (AvgIpc) is 3.09. The largest absolute Gasteiger partial charge is 0.486 e. The Kier molecular flexibility index (Phi) is 4.98. The highest BCUT2D eigenvalue weighted by molar-refractivity contribution is 5.88. The molecule has 0 fully saturated rings. The summed E-state index contributed by atoms with van der Waals surface area (Å²) in [5.74, 6) is 1.94. The molecule has 4 aromatic rings. The Morgan fingerprint density at radius 1 is 1.12 bits per heavy atom. The van der Waals surface area contributed by atoms with Crippen molar-refractivity contribution in [2.75, 3.05) is 19.7 Å². The van der Waals surface area contributed by atoms with Crippen LogP contribution in [0.15, 0.2) is 42.5 Å². The molecule has 0 amide bonds. The number of fused-ring (bicyclic) bond motifs is 6. The molecular weight excluding hydrogens is 417 g/mol. The lowest BCUT2D eigenvalue weighted by molar-refractivity contribution is 0.0915. The lowest BCUT2D eigenvalue weighted by atomic mass is 9.86. The molecule has 5 nitrogen and oxygen atoms in total. The van der Waals surface area contributed by atoms with E-state index in [-0.39, 0.29) is 11.9 Å². The molecule has 2 aromatic carbocycles. The van der Waals surface area contributed by atoms with E-state index in [4.69, 9.17) is 9.47 Å². The van der Waals surface area contributed by atoms with Gasteiger partial charge in [-0.3, -0.25) is 4.98 Å². The van der Waals surface area contributed by atoms with Crippen molar-refractivity contribution < 1.29 is 13.9 Å². The van der Waals surface area contributed by atoms with Crippen LogP contribution in [0.4, 0.5) is 4.39 Å². The molecule has 2 aliphatic rings. The van der Waals surface area contributed by atoms with Crippen LogP contribution in [-0.4, -0.2) is 35.4 Å². The van der Waals surface area contributed by atoms with Crippen molar-refractivity contribution >= 4 is 21.8 Å². The summed E-state index contributed by atoms with van der Waals surface area (Å²) in [6, 6.07) is 13.1. The van der Waals surface area contributed by atoms with Gasteiger partial charge in [0.1, 0.15) is 18.5 Å². The van der Waals surface area contributed by atoms with Gasteiger partial charge in [0.2, 0.25) is 0 Å². The van der Waals surface area contributed by atoms with Gasteiger partial charge in [-0.05, 0) is 86.7 Å². The summed E-state index contributed by atoms with van der Waals surface area (Å²) < 4.78 is 28.5. The summed E-state index contributed by atoms with van der Waals surface area (Å²) in [6.45, 7) is 4.16. The number of hydrogen-bond acceptors (Lipinski definition) is 4. The second-order valence-corrected chi connectivity index (χ2v) is 9.38. The zero-order chi connectivity index (χ0) is 22.5. The fourth-order valence-corrected chi connectivity index (χ4v) is 5.42. The molecule has 0 spiro atoms. The number of halogens is 1. The van der Waals surface area contributed by atoms with E-state index in [2.05, 4.69) is 28.0 Å². The van der Waals surface area contributed by atoms with E-state index < -0.39 is 0 Å². The van der Waals surface area contributed by atoms with Crippen LogP contribution in [-0.2, 0) is 19.9 Å². The number of hydrogen-bond donors (Lipinski definition) is 1. The monoisotopic (exact) mass is 445 g/mol. The molecular formula is C27H28FN3O2. The van der Waals surface area contributed by atoms with Gasteiger partial charge >= 0.3 is 0 Å². The standard InChI is InChI=1S/C27H28FN3O2/c1-16-3-6-20-23(30-16)7-10-26-27(20)33-19(15-32-26)14-29-13-17-4-8-24-21(11-17)22-12-18(28)5-9-25(22)31(24)2/h3,5-7,9-10,12,17,19,29H,4,8,11,13-15H2,1-2H3/t17-,19+/m1/s1. The zero-order valence-electron chi connectivity index (χ0n) is 19.0. The van der Waals surface area contributed by atoms with E-state index in [9.17, 15) is 4.39 Å². The van der Waals surface area contributed by atoms with E-state index in [0.29, 0.717) is 12.5 Å². The molecule has 6 rings (SSSR count). The molecule has 0 saturated heterocycles. The molecule has 1 aliphatic carbocycles. The first-order chi connectivity index (χ1) is 16.1. The maximum Gasteiger partial charge on any atom is 0.171 e. The second kappa shape index (κ2) is 8.03. The van der Waals surface area contributed by atoms with Gasteiger partial charge in [0.15, 0.2) is 11.5 Å². The van der Waals surface area contributed by atoms with Crippen LogP contribution in [0.3, 0.4) is 0 Å². The minimum absolute atomic E-state index is 0.0461. The van der Waals surface area contributed by atoms with Gasteiger partial charge in [-0.15, -0.1) is 0 Å². The number of ether oxygens (including phenoxy) is 2. The van der Waals surface area contributed by atoms with Crippen molar-refractivity contribution in [1.29, 1.82) is 0 Å². The molecule has 0 bridgehead atoms. The molecule has 170 valence electrons. The minimum atomic E-state index is -0.163. The van der Waals surface area contributed by atoms with E-state index in [1.54, 1.807) is 12.1 Å². The van der Waals surface area contributed by atoms with Crippen LogP contribution in [0.2, 0.25) is 0 Å². The van der Waals surface area contributed by atoms with Crippen LogP contribution < -0.4 is 14.8 Å². The average molecular weight is 446 g/mol. The number of aromatic nitrogens is 2. The highest BCUT2D eigenvalue weighted by atomic mass is 19.1. The van der Waals surface area contributed by atoms with Crippen LogP contribution in [0.25, 0.3) is 21.8 Å². The molecule has 1 N–H and O–H groups in total. The third-order valence-corrected chi connectivity index (χ3v) is 7.12. The van der Waals surface area contributed by atoms with Crippen LogP contribution in [0.1, 0.15) is 23.4 Å². The highest BCUT2D eigenvalue weighted by Gasteiger charge is 2.26. The first-order valence-corrected chi connectivity index (χ1v) is 11.7. The first-order valence-electron chi connectivity index (χ1n) is 11.7. The van der Waals surface area contributed by atoms with Crippen molar-refractivity contribution in [2.24, 2.45) is 13.0 Å². The van der Waals surface area contributed by atoms with Gasteiger partial charge in [0.25, 0.3) is 0 Å². The molecule has 2 atom stereocenters. The van der Waals surface area contributed by atoms with Crippen LogP contribution >= 0.6 is 0 Å². The fraction of sp³-hybridized carbons (Fsp3) is 0.370. The van der Waals surface area contributed by atoms with Crippen molar-refractivity contribution in [3.05, 3.63) is 65.2 Å². The second-order valence-electron chi connectivity index (χ2n) is 9.38. The maximum atomic E-state index is 13.9. The number of pyridine rings is 1. The molecule has 33 heavy (non-hydrogen) atoms. The van der Waals surface area contributed by atoms with Crippen LogP contribution in [0, 0.1) is 18.7 Å². The molecule has 1 aliphatic heterocycles. The van der Waals surface area contributed by atoms with Gasteiger partial charge in [0.05, 0.1) is 5.52 Å². The predicted octanol–water partition coefficient (Wildman–Crippen LogP) is 4.71. The minimum Gasteiger partial charge on any atom is -0.486 e. The lowest BCUT2D eigenvalue weighted by Gasteiger charge is -2.29. The number of aryl methyl sites for hydroxylation is 2. The molecule has 0 unspecified atom stereocenters. The van der Waals surface area contributed by atoms with E-state index >= 15 is 0 Å². The summed E-state index contributed by atoms with van der Waals surface area (Å²) in [4.78, 5) is 4.60. The quantitative estimate of drug-likeness (QED) is 0.494.